The molecule has 166 valence electrons. The standard InChI is InChI=1S/C26H25N5O2/c1-26(2,3)25(33)27-19-13-9-12-18(16-19)24(32)28-21-15-8-7-14-20(21)23-29-22(30-31-23)17-10-5-4-6-11-17/h4-16H,1-3H3,(H,27,33)(H,28,32)(H,29,30,31). The van der Waals surface area contributed by atoms with Crippen molar-refractivity contribution in [2.24, 2.45) is 5.41 Å². The maximum Gasteiger partial charge on any atom is 0.255 e. The van der Waals surface area contributed by atoms with Crippen LogP contribution in [0.15, 0.2) is 78.9 Å². The van der Waals surface area contributed by atoms with Crippen LogP contribution in [0.4, 0.5) is 11.4 Å². The lowest BCUT2D eigenvalue weighted by Gasteiger charge is -2.18. The number of benzene rings is 3. The Morgan fingerprint density at radius 1 is 0.848 bits per heavy atom. The predicted octanol–water partition coefficient (Wildman–Crippen LogP) is 5.38. The first-order valence-corrected chi connectivity index (χ1v) is 10.6. The van der Waals surface area contributed by atoms with Crippen molar-refractivity contribution < 1.29 is 9.59 Å². The van der Waals surface area contributed by atoms with Crippen molar-refractivity contribution in [1.82, 2.24) is 15.2 Å². The van der Waals surface area contributed by atoms with Crippen LogP contribution in [0.2, 0.25) is 0 Å². The minimum atomic E-state index is -0.535. The molecule has 0 aliphatic carbocycles. The van der Waals surface area contributed by atoms with Gasteiger partial charge in [-0.25, -0.2) is 4.98 Å². The molecule has 1 heterocycles. The lowest BCUT2D eigenvalue weighted by Crippen LogP contribution is -2.27. The normalized spacial score (nSPS) is 11.1. The Balaban J connectivity index is 1.55. The van der Waals surface area contributed by atoms with Crippen LogP contribution in [0.5, 0.6) is 0 Å². The van der Waals surface area contributed by atoms with E-state index < -0.39 is 5.41 Å². The highest BCUT2D eigenvalue weighted by Gasteiger charge is 2.21. The number of amides is 2. The average molecular weight is 440 g/mol. The van der Waals surface area contributed by atoms with Gasteiger partial charge in [0.1, 0.15) is 0 Å². The van der Waals surface area contributed by atoms with E-state index in [0.717, 1.165) is 11.1 Å². The van der Waals surface area contributed by atoms with Gasteiger partial charge in [-0.3, -0.25) is 14.7 Å². The Bertz CT molecular complexity index is 1290. The van der Waals surface area contributed by atoms with E-state index in [9.17, 15) is 9.59 Å². The Hall–Kier alpha value is -4.26. The summed E-state index contributed by atoms with van der Waals surface area (Å²) < 4.78 is 0. The number of rotatable bonds is 5. The molecule has 4 rings (SSSR count). The fraction of sp³-hybridized carbons (Fsp3) is 0.154. The third-order valence-corrected chi connectivity index (χ3v) is 5.01. The molecule has 0 unspecified atom stereocenters. The van der Waals surface area contributed by atoms with Crippen molar-refractivity contribution in [2.45, 2.75) is 20.8 Å². The van der Waals surface area contributed by atoms with Gasteiger partial charge in [0.2, 0.25) is 5.91 Å². The molecular weight excluding hydrogens is 414 g/mol. The highest BCUT2D eigenvalue weighted by atomic mass is 16.2. The van der Waals surface area contributed by atoms with E-state index in [-0.39, 0.29) is 11.8 Å². The smallest absolute Gasteiger partial charge is 0.255 e. The first-order chi connectivity index (χ1) is 15.8. The summed E-state index contributed by atoms with van der Waals surface area (Å²) in [6.07, 6.45) is 0. The van der Waals surface area contributed by atoms with E-state index in [1.54, 1.807) is 24.3 Å². The number of para-hydroxylation sites is 1. The molecule has 7 heteroatoms. The molecule has 0 radical (unpaired) electrons. The van der Waals surface area contributed by atoms with E-state index in [0.29, 0.717) is 28.6 Å². The van der Waals surface area contributed by atoms with Crippen LogP contribution in [0.3, 0.4) is 0 Å². The SMILES string of the molecule is CC(C)(C)C(=O)Nc1cccc(C(=O)Nc2ccccc2-c2nc(-c3ccccc3)n[nH]2)c1. The maximum atomic E-state index is 13.0. The van der Waals surface area contributed by atoms with E-state index >= 15 is 0 Å². The molecular formula is C26H25N5O2. The number of aromatic nitrogens is 3. The maximum absolute atomic E-state index is 13.0. The summed E-state index contributed by atoms with van der Waals surface area (Å²) in [4.78, 5) is 29.9. The fourth-order valence-electron chi connectivity index (χ4n) is 3.15. The minimum Gasteiger partial charge on any atom is -0.326 e. The van der Waals surface area contributed by atoms with Gasteiger partial charge in [0.15, 0.2) is 11.6 Å². The second-order valence-electron chi connectivity index (χ2n) is 8.66. The quantitative estimate of drug-likeness (QED) is 0.389. The van der Waals surface area contributed by atoms with Crippen molar-refractivity contribution in [3.05, 3.63) is 84.4 Å². The molecule has 0 aliphatic heterocycles. The molecule has 0 aliphatic rings. The molecule has 7 nitrogen and oxygen atoms in total. The molecule has 0 atom stereocenters. The van der Waals surface area contributed by atoms with Crippen molar-refractivity contribution in [1.29, 1.82) is 0 Å². The van der Waals surface area contributed by atoms with E-state index in [2.05, 4.69) is 25.8 Å². The lowest BCUT2D eigenvalue weighted by molar-refractivity contribution is -0.123. The van der Waals surface area contributed by atoms with Crippen LogP contribution < -0.4 is 10.6 Å². The summed E-state index contributed by atoms with van der Waals surface area (Å²) in [5, 5.41) is 13.1. The molecule has 4 aromatic rings. The number of nitrogens with zero attached hydrogens (tertiary/aromatic N) is 2. The fourth-order valence-corrected chi connectivity index (χ4v) is 3.15. The summed E-state index contributed by atoms with van der Waals surface area (Å²) >= 11 is 0. The zero-order valence-electron chi connectivity index (χ0n) is 18.7. The Morgan fingerprint density at radius 3 is 2.33 bits per heavy atom. The van der Waals surface area contributed by atoms with Gasteiger partial charge in [0.05, 0.1) is 5.69 Å². The molecule has 33 heavy (non-hydrogen) atoms. The van der Waals surface area contributed by atoms with Gasteiger partial charge < -0.3 is 10.6 Å². The van der Waals surface area contributed by atoms with Gasteiger partial charge in [-0.05, 0) is 30.3 Å². The number of anilines is 2. The summed E-state index contributed by atoms with van der Waals surface area (Å²) in [6, 6.07) is 23.9. The number of hydrogen-bond donors (Lipinski definition) is 3. The van der Waals surface area contributed by atoms with Crippen LogP contribution in [0, 0.1) is 5.41 Å². The zero-order chi connectivity index (χ0) is 23.4. The highest BCUT2D eigenvalue weighted by Crippen LogP contribution is 2.27. The van der Waals surface area contributed by atoms with Gasteiger partial charge in [0.25, 0.3) is 5.91 Å². The first kappa shape index (κ1) is 22.0. The Morgan fingerprint density at radius 2 is 1.58 bits per heavy atom. The van der Waals surface area contributed by atoms with E-state index in [1.807, 2.05) is 75.4 Å². The summed E-state index contributed by atoms with van der Waals surface area (Å²) in [6.45, 7) is 5.51. The number of H-pyrrole nitrogens is 1. The Labute approximate surface area is 192 Å². The number of aromatic amines is 1. The Kier molecular flexibility index (Phi) is 6.04. The second kappa shape index (κ2) is 9.08. The molecule has 3 aromatic carbocycles. The second-order valence-corrected chi connectivity index (χ2v) is 8.66. The lowest BCUT2D eigenvalue weighted by atomic mass is 9.95. The van der Waals surface area contributed by atoms with Crippen molar-refractivity contribution in [3.63, 3.8) is 0 Å². The average Bonchev–Trinajstić information content (AvgIpc) is 3.30. The number of carbonyl (C=O) groups excluding carboxylic acids is 2. The van der Waals surface area contributed by atoms with Crippen LogP contribution >= 0.6 is 0 Å². The largest absolute Gasteiger partial charge is 0.326 e. The minimum absolute atomic E-state index is 0.120. The monoisotopic (exact) mass is 439 g/mol. The van der Waals surface area contributed by atoms with E-state index in [1.165, 1.54) is 0 Å². The summed E-state index contributed by atoms with van der Waals surface area (Å²) in [7, 11) is 0. The third kappa shape index (κ3) is 5.15. The van der Waals surface area contributed by atoms with E-state index in [4.69, 9.17) is 0 Å². The van der Waals surface area contributed by atoms with Gasteiger partial charge in [-0.1, -0.05) is 69.3 Å². The highest BCUT2D eigenvalue weighted by molar-refractivity contribution is 6.07. The molecule has 2 amide bonds. The van der Waals surface area contributed by atoms with Crippen LogP contribution in [0.25, 0.3) is 22.8 Å². The van der Waals surface area contributed by atoms with Crippen molar-refractivity contribution in [2.75, 3.05) is 10.6 Å². The van der Waals surface area contributed by atoms with Crippen LogP contribution in [-0.2, 0) is 4.79 Å². The van der Waals surface area contributed by atoms with Gasteiger partial charge in [0, 0.05) is 27.8 Å². The summed E-state index contributed by atoms with van der Waals surface area (Å²) in [5.41, 5.74) is 2.68. The molecule has 0 fully saturated rings. The zero-order valence-corrected chi connectivity index (χ0v) is 18.7. The number of nitrogens with one attached hydrogen (secondary N) is 3. The topological polar surface area (TPSA) is 99.8 Å². The molecule has 0 spiro atoms. The van der Waals surface area contributed by atoms with Gasteiger partial charge in [-0.15, -0.1) is 0 Å². The predicted molar refractivity (Wildman–Crippen MR) is 130 cm³/mol. The molecule has 0 bridgehead atoms. The summed E-state index contributed by atoms with van der Waals surface area (Å²) in [5.74, 6) is 0.715. The van der Waals surface area contributed by atoms with Gasteiger partial charge in [-0.2, -0.15) is 5.10 Å². The van der Waals surface area contributed by atoms with Crippen LogP contribution in [-0.4, -0.2) is 27.0 Å². The molecule has 0 saturated heterocycles. The number of carbonyl (C=O) groups is 2. The number of hydrogen-bond acceptors (Lipinski definition) is 4. The molecule has 3 N–H and O–H groups in total. The third-order valence-electron chi connectivity index (χ3n) is 5.01. The van der Waals surface area contributed by atoms with Crippen LogP contribution in [0.1, 0.15) is 31.1 Å². The van der Waals surface area contributed by atoms with Gasteiger partial charge >= 0.3 is 0 Å². The van der Waals surface area contributed by atoms with Crippen molar-refractivity contribution >= 4 is 23.2 Å². The first-order valence-electron chi connectivity index (χ1n) is 10.6. The molecule has 1 aromatic heterocycles. The van der Waals surface area contributed by atoms with Crippen molar-refractivity contribution in [3.8, 4) is 22.8 Å². The molecule has 0 saturated carbocycles.